The molecule has 10 nitrogen and oxygen atoms in total. The van der Waals surface area contributed by atoms with Crippen molar-refractivity contribution < 1.29 is 41.9 Å². The fraction of sp³-hybridized carbons (Fsp3) is 0.533. The number of unbranched alkanes of at least 4 members (excludes halogenated alkanes) is 3. The molecule has 0 saturated heterocycles. The minimum atomic E-state index is -3.91. The standard InChI is InChI=1S/C30H44NO9P/c1-5-8-18-36-28-22-25(16-17-27(28)40-41(34,38-19-9-6-2)39-20-10-7-3)21-26(29(32)35-4)31-30(33)37-23-24-14-12-11-13-15-24/h11-17,22,26H,5-10,18-21,23H2,1-4H3,(H,31,33)/t26-/m0/s1. The van der Waals surface area contributed by atoms with E-state index in [0.29, 0.717) is 30.8 Å². The van der Waals surface area contributed by atoms with Gasteiger partial charge in [0.05, 0.1) is 26.9 Å². The summed E-state index contributed by atoms with van der Waals surface area (Å²) in [6.45, 7) is 6.98. The Balaban J connectivity index is 2.21. The van der Waals surface area contributed by atoms with Gasteiger partial charge < -0.3 is 24.1 Å². The van der Waals surface area contributed by atoms with Crippen LogP contribution >= 0.6 is 7.82 Å². The number of phosphoric acid groups is 1. The highest BCUT2D eigenvalue weighted by atomic mass is 31.2. The lowest BCUT2D eigenvalue weighted by molar-refractivity contribution is -0.143. The summed E-state index contributed by atoms with van der Waals surface area (Å²) in [4.78, 5) is 25.0. The third kappa shape index (κ3) is 13.0. The molecule has 228 valence electrons. The Morgan fingerprint density at radius 2 is 1.46 bits per heavy atom. The summed E-state index contributed by atoms with van der Waals surface area (Å²) >= 11 is 0. The molecular weight excluding hydrogens is 549 g/mol. The highest BCUT2D eigenvalue weighted by Gasteiger charge is 2.30. The summed E-state index contributed by atoms with van der Waals surface area (Å²) < 4.78 is 46.6. The van der Waals surface area contributed by atoms with Gasteiger partial charge in [0.1, 0.15) is 12.6 Å². The van der Waals surface area contributed by atoms with Gasteiger partial charge in [-0.3, -0.25) is 9.05 Å². The largest absolute Gasteiger partial charge is 0.530 e. The Kier molecular flexibility index (Phi) is 15.9. The second-order valence-electron chi connectivity index (χ2n) is 9.38. The van der Waals surface area contributed by atoms with Gasteiger partial charge in [0.15, 0.2) is 11.5 Å². The summed E-state index contributed by atoms with van der Waals surface area (Å²) in [5.74, 6) is -0.107. The normalized spacial score (nSPS) is 11.9. The number of benzene rings is 2. The van der Waals surface area contributed by atoms with Crippen molar-refractivity contribution >= 4 is 19.9 Å². The van der Waals surface area contributed by atoms with Crippen LogP contribution in [0.2, 0.25) is 0 Å². The van der Waals surface area contributed by atoms with Gasteiger partial charge in [-0.15, -0.1) is 0 Å². The van der Waals surface area contributed by atoms with Gasteiger partial charge in [-0.05, 0) is 42.5 Å². The molecule has 2 aromatic rings. The van der Waals surface area contributed by atoms with Crippen molar-refractivity contribution in [2.75, 3.05) is 26.9 Å². The van der Waals surface area contributed by atoms with Crippen LogP contribution in [0, 0.1) is 0 Å². The van der Waals surface area contributed by atoms with E-state index < -0.39 is 25.9 Å². The fourth-order valence-electron chi connectivity index (χ4n) is 3.52. The van der Waals surface area contributed by atoms with E-state index in [1.807, 2.05) is 51.1 Å². The first-order chi connectivity index (χ1) is 19.8. The Bertz CT molecular complexity index is 1080. The van der Waals surface area contributed by atoms with Crippen LogP contribution in [0.1, 0.15) is 70.4 Å². The molecule has 0 bridgehead atoms. The molecule has 1 atom stereocenters. The number of rotatable bonds is 20. The van der Waals surface area contributed by atoms with E-state index >= 15 is 0 Å². The maximum atomic E-state index is 13.4. The zero-order chi connectivity index (χ0) is 29.9. The van der Waals surface area contributed by atoms with Gasteiger partial charge in [-0.25, -0.2) is 14.2 Å². The third-order valence-electron chi connectivity index (χ3n) is 5.90. The van der Waals surface area contributed by atoms with Gasteiger partial charge in [0.2, 0.25) is 0 Å². The van der Waals surface area contributed by atoms with E-state index in [-0.39, 0.29) is 32.0 Å². The molecule has 0 fully saturated rings. The molecule has 1 N–H and O–H groups in total. The minimum absolute atomic E-state index is 0.0583. The minimum Gasteiger partial charge on any atom is -0.490 e. The quantitative estimate of drug-likeness (QED) is 0.0983. The van der Waals surface area contributed by atoms with Gasteiger partial charge in [-0.2, -0.15) is 0 Å². The highest BCUT2D eigenvalue weighted by molar-refractivity contribution is 7.48. The molecule has 11 heteroatoms. The Morgan fingerprint density at radius 3 is 2.07 bits per heavy atom. The Morgan fingerprint density at radius 1 is 0.829 bits per heavy atom. The number of amides is 1. The zero-order valence-corrected chi connectivity index (χ0v) is 25.5. The number of carbonyl (C=O) groups excluding carboxylic acids is 2. The average Bonchev–Trinajstić information content (AvgIpc) is 2.97. The lowest BCUT2D eigenvalue weighted by Crippen LogP contribution is -2.43. The fourth-order valence-corrected chi connectivity index (χ4v) is 4.80. The third-order valence-corrected chi connectivity index (χ3v) is 7.32. The molecule has 0 unspecified atom stereocenters. The van der Waals surface area contributed by atoms with E-state index in [9.17, 15) is 14.2 Å². The summed E-state index contributed by atoms with van der Waals surface area (Å²) in [6, 6.07) is 13.2. The molecule has 0 aliphatic carbocycles. The van der Waals surface area contributed by atoms with Crippen LogP contribution in [-0.2, 0) is 40.9 Å². The summed E-state index contributed by atoms with van der Waals surface area (Å²) in [6.07, 6.45) is 4.19. The van der Waals surface area contributed by atoms with Crippen molar-refractivity contribution in [1.82, 2.24) is 5.32 Å². The van der Waals surface area contributed by atoms with E-state index in [0.717, 1.165) is 31.2 Å². The van der Waals surface area contributed by atoms with Crippen LogP contribution in [0.5, 0.6) is 11.5 Å². The molecule has 0 heterocycles. The molecular formula is C30H44NO9P. The van der Waals surface area contributed by atoms with Crippen molar-refractivity contribution in [3.05, 3.63) is 59.7 Å². The van der Waals surface area contributed by atoms with Crippen molar-refractivity contribution in [2.24, 2.45) is 0 Å². The number of ether oxygens (including phenoxy) is 3. The first-order valence-corrected chi connectivity index (χ1v) is 15.7. The number of hydrogen-bond donors (Lipinski definition) is 1. The molecule has 0 aliphatic rings. The van der Waals surface area contributed by atoms with Crippen LogP contribution in [0.3, 0.4) is 0 Å². The van der Waals surface area contributed by atoms with Gasteiger partial charge in [0, 0.05) is 6.42 Å². The first kappa shape index (κ1) is 34.1. The van der Waals surface area contributed by atoms with Crippen molar-refractivity contribution in [3.63, 3.8) is 0 Å². The molecule has 0 aliphatic heterocycles. The van der Waals surface area contributed by atoms with Crippen molar-refractivity contribution in [2.45, 2.75) is 78.4 Å². The predicted molar refractivity (Wildman–Crippen MR) is 156 cm³/mol. The van der Waals surface area contributed by atoms with Crippen molar-refractivity contribution in [3.8, 4) is 11.5 Å². The number of hydrogen-bond acceptors (Lipinski definition) is 9. The molecule has 0 spiro atoms. The SMILES string of the molecule is CCCCOc1cc(C[C@H](NC(=O)OCc2ccccc2)C(=O)OC)ccc1OP(=O)(OCCCC)OCCCC. The second-order valence-corrected chi connectivity index (χ2v) is 11.0. The number of esters is 1. The number of phosphoric ester groups is 1. The second kappa shape index (κ2) is 19.1. The maximum absolute atomic E-state index is 13.4. The molecule has 0 aromatic heterocycles. The molecule has 41 heavy (non-hydrogen) atoms. The summed E-state index contributed by atoms with van der Waals surface area (Å²) in [7, 11) is -2.66. The molecule has 0 saturated carbocycles. The number of nitrogens with one attached hydrogen (secondary N) is 1. The lowest BCUT2D eigenvalue weighted by atomic mass is 10.1. The highest BCUT2D eigenvalue weighted by Crippen LogP contribution is 2.52. The Labute approximate surface area is 243 Å². The predicted octanol–water partition coefficient (Wildman–Crippen LogP) is 7.00. The van der Waals surface area contributed by atoms with Crippen LogP contribution < -0.4 is 14.6 Å². The Hall–Kier alpha value is -3.07. The van der Waals surface area contributed by atoms with E-state index in [4.69, 9.17) is 27.8 Å². The molecule has 2 aromatic carbocycles. The van der Waals surface area contributed by atoms with Gasteiger partial charge in [-0.1, -0.05) is 76.4 Å². The molecule has 2 rings (SSSR count). The monoisotopic (exact) mass is 593 g/mol. The molecule has 1 amide bonds. The van der Waals surface area contributed by atoms with E-state index in [1.54, 1.807) is 18.2 Å². The average molecular weight is 594 g/mol. The summed E-state index contributed by atoms with van der Waals surface area (Å²) in [5.41, 5.74) is 1.47. The zero-order valence-electron chi connectivity index (χ0n) is 24.6. The first-order valence-electron chi connectivity index (χ1n) is 14.2. The van der Waals surface area contributed by atoms with Crippen LogP contribution in [0.15, 0.2) is 48.5 Å². The number of alkyl carbamates (subject to hydrolysis) is 1. The number of methoxy groups -OCH3 is 1. The van der Waals surface area contributed by atoms with E-state index in [1.165, 1.54) is 7.11 Å². The smallest absolute Gasteiger partial charge is 0.490 e. The van der Waals surface area contributed by atoms with Crippen LogP contribution in [-0.4, -0.2) is 45.0 Å². The maximum Gasteiger partial charge on any atom is 0.530 e. The topological polar surface area (TPSA) is 119 Å². The summed E-state index contributed by atoms with van der Waals surface area (Å²) in [5, 5.41) is 2.58. The van der Waals surface area contributed by atoms with Crippen LogP contribution in [0.25, 0.3) is 0 Å². The van der Waals surface area contributed by atoms with E-state index in [2.05, 4.69) is 5.32 Å². The van der Waals surface area contributed by atoms with Crippen molar-refractivity contribution in [1.29, 1.82) is 0 Å². The lowest BCUT2D eigenvalue weighted by Gasteiger charge is -2.21. The van der Waals surface area contributed by atoms with Gasteiger partial charge in [0.25, 0.3) is 0 Å². The van der Waals surface area contributed by atoms with Crippen LogP contribution in [0.4, 0.5) is 4.79 Å². The van der Waals surface area contributed by atoms with Gasteiger partial charge >= 0.3 is 19.9 Å². The molecule has 0 radical (unpaired) electrons. The number of carbonyl (C=O) groups is 2.